The molecule has 1 N–H and O–H groups in total. The van der Waals surface area contributed by atoms with E-state index in [1.165, 1.54) is 6.07 Å². The van der Waals surface area contributed by atoms with E-state index in [-0.39, 0.29) is 5.82 Å². The summed E-state index contributed by atoms with van der Waals surface area (Å²) in [5.74, 6) is -0.350. The molecule has 15 heavy (non-hydrogen) atoms. The van der Waals surface area contributed by atoms with Crippen LogP contribution in [0, 0.1) is 12.7 Å². The Morgan fingerprint density at radius 3 is 2.80 bits per heavy atom. The maximum atomic E-state index is 13.4. The van der Waals surface area contributed by atoms with E-state index in [9.17, 15) is 9.50 Å². The van der Waals surface area contributed by atoms with Crippen molar-refractivity contribution < 1.29 is 9.50 Å². The molecule has 1 aromatic carbocycles. The topological polar surface area (TPSA) is 20.2 Å². The first-order valence-corrected chi connectivity index (χ1v) is 5.15. The zero-order chi connectivity index (χ0) is 11.4. The molecule has 0 aliphatic carbocycles. The number of benzene rings is 1. The Morgan fingerprint density at radius 2 is 2.20 bits per heavy atom. The fraction of sp³-hybridized carbons (Fsp3) is 0.385. The largest absolute Gasteiger partial charge is 0.388 e. The van der Waals surface area contributed by atoms with Crippen molar-refractivity contribution in [1.29, 1.82) is 0 Å². The van der Waals surface area contributed by atoms with Gasteiger partial charge in [0.15, 0.2) is 0 Å². The molecule has 0 bridgehead atoms. The van der Waals surface area contributed by atoms with Crippen molar-refractivity contribution in [2.45, 2.75) is 32.8 Å². The van der Waals surface area contributed by atoms with Gasteiger partial charge in [0.2, 0.25) is 0 Å². The molecule has 0 aliphatic heterocycles. The standard InChI is InChI=1S/C13H17FO/c1-4-9(2)8-13(15)11-7-10(3)5-6-12(11)14/h5-7,13,15H,2,4,8H2,1,3H3. The van der Waals surface area contributed by atoms with Gasteiger partial charge in [-0.05, 0) is 25.8 Å². The van der Waals surface area contributed by atoms with Crippen molar-refractivity contribution in [2.75, 3.05) is 0 Å². The fourth-order valence-electron chi connectivity index (χ4n) is 1.45. The molecule has 0 aromatic heterocycles. The van der Waals surface area contributed by atoms with Crippen molar-refractivity contribution in [3.8, 4) is 0 Å². The van der Waals surface area contributed by atoms with E-state index in [4.69, 9.17) is 0 Å². The Labute approximate surface area is 90.3 Å². The monoisotopic (exact) mass is 208 g/mol. The van der Waals surface area contributed by atoms with Gasteiger partial charge >= 0.3 is 0 Å². The second kappa shape index (κ2) is 5.08. The number of hydrogen-bond donors (Lipinski definition) is 1. The van der Waals surface area contributed by atoms with E-state index >= 15 is 0 Å². The quantitative estimate of drug-likeness (QED) is 0.750. The van der Waals surface area contributed by atoms with Gasteiger partial charge in [0.1, 0.15) is 5.82 Å². The van der Waals surface area contributed by atoms with Crippen LogP contribution in [-0.4, -0.2) is 5.11 Å². The number of halogens is 1. The van der Waals surface area contributed by atoms with Crippen molar-refractivity contribution in [2.24, 2.45) is 0 Å². The molecular weight excluding hydrogens is 191 g/mol. The predicted octanol–water partition coefficient (Wildman–Crippen LogP) is 3.52. The van der Waals surface area contributed by atoms with E-state index in [1.54, 1.807) is 12.1 Å². The molecule has 0 amide bonds. The van der Waals surface area contributed by atoms with Crippen molar-refractivity contribution >= 4 is 0 Å². The summed E-state index contributed by atoms with van der Waals surface area (Å²) in [5.41, 5.74) is 2.25. The molecule has 0 saturated heterocycles. The Hall–Kier alpha value is -1.15. The molecule has 2 heteroatoms. The normalized spacial score (nSPS) is 12.5. The van der Waals surface area contributed by atoms with Gasteiger partial charge < -0.3 is 5.11 Å². The highest BCUT2D eigenvalue weighted by atomic mass is 19.1. The minimum absolute atomic E-state index is 0.350. The molecule has 0 spiro atoms. The van der Waals surface area contributed by atoms with Crippen LogP contribution in [0.15, 0.2) is 30.4 Å². The van der Waals surface area contributed by atoms with Gasteiger partial charge in [0.05, 0.1) is 6.10 Å². The summed E-state index contributed by atoms with van der Waals surface area (Å²) in [7, 11) is 0. The van der Waals surface area contributed by atoms with Crippen LogP contribution in [0.2, 0.25) is 0 Å². The summed E-state index contributed by atoms with van der Waals surface area (Å²) in [6.45, 7) is 7.66. The highest BCUT2D eigenvalue weighted by Gasteiger charge is 2.13. The van der Waals surface area contributed by atoms with E-state index in [2.05, 4.69) is 6.58 Å². The summed E-state index contributed by atoms with van der Waals surface area (Å²) < 4.78 is 13.4. The summed E-state index contributed by atoms with van der Waals surface area (Å²) in [6, 6.07) is 4.77. The molecule has 0 aliphatic rings. The van der Waals surface area contributed by atoms with Crippen LogP contribution in [0.4, 0.5) is 4.39 Å². The third kappa shape index (κ3) is 3.17. The smallest absolute Gasteiger partial charge is 0.129 e. The maximum absolute atomic E-state index is 13.4. The lowest BCUT2D eigenvalue weighted by Crippen LogP contribution is -2.02. The molecule has 1 rings (SSSR count). The first-order valence-electron chi connectivity index (χ1n) is 5.15. The zero-order valence-corrected chi connectivity index (χ0v) is 9.26. The number of aryl methyl sites for hydroxylation is 1. The fourth-order valence-corrected chi connectivity index (χ4v) is 1.45. The van der Waals surface area contributed by atoms with Crippen LogP contribution < -0.4 is 0 Å². The van der Waals surface area contributed by atoms with Gasteiger partial charge in [-0.1, -0.05) is 36.8 Å². The highest BCUT2D eigenvalue weighted by molar-refractivity contribution is 5.26. The van der Waals surface area contributed by atoms with Crippen LogP contribution in [0.3, 0.4) is 0 Å². The first-order chi connectivity index (χ1) is 7.04. The molecule has 0 fully saturated rings. The van der Waals surface area contributed by atoms with E-state index < -0.39 is 6.10 Å². The Morgan fingerprint density at radius 1 is 1.53 bits per heavy atom. The third-order valence-corrected chi connectivity index (χ3v) is 2.49. The van der Waals surface area contributed by atoms with Gasteiger partial charge in [-0.15, -0.1) is 0 Å². The van der Waals surface area contributed by atoms with E-state index in [0.29, 0.717) is 12.0 Å². The van der Waals surface area contributed by atoms with Gasteiger partial charge in [-0.25, -0.2) is 4.39 Å². The van der Waals surface area contributed by atoms with Crippen molar-refractivity contribution in [3.05, 3.63) is 47.3 Å². The number of aliphatic hydroxyl groups is 1. The van der Waals surface area contributed by atoms with Gasteiger partial charge in [-0.2, -0.15) is 0 Å². The molecule has 1 aromatic rings. The Balaban J connectivity index is 2.85. The molecule has 0 saturated carbocycles. The maximum Gasteiger partial charge on any atom is 0.129 e. The molecule has 1 unspecified atom stereocenters. The van der Waals surface area contributed by atoms with Crippen molar-refractivity contribution in [1.82, 2.24) is 0 Å². The molecule has 82 valence electrons. The minimum atomic E-state index is -0.780. The highest BCUT2D eigenvalue weighted by Crippen LogP contribution is 2.24. The molecule has 0 radical (unpaired) electrons. The third-order valence-electron chi connectivity index (χ3n) is 2.49. The number of hydrogen-bond acceptors (Lipinski definition) is 1. The minimum Gasteiger partial charge on any atom is -0.388 e. The first kappa shape index (κ1) is 11.9. The average Bonchev–Trinajstić information content (AvgIpc) is 2.21. The van der Waals surface area contributed by atoms with Gasteiger partial charge in [0.25, 0.3) is 0 Å². The summed E-state index contributed by atoms with van der Waals surface area (Å²) >= 11 is 0. The predicted molar refractivity (Wildman–Crippen MR) is 60.1 cm³/mol. The summed E-state index contributed by atoms with van der Waals surface area (Å²) in [5, 5.41) is 9.83. The second-order valence-corrected chi connectivity index (χ2v) is 3.85. The van der Waals surface area contributed by atoms with Crippen LogP contribution in [0.5, 0.6) is 0 Å². The van der Waals surface area contributed by atoms with Crippen LogP contribution in [-0.2, 0) is 0 Å². The lowest BCUT2D eigenvalue weighted by Gasteiger charge is -2.13. The van der Waals surface area contributed by atoms with Crippen molar-refractivity contribution in [3.63, 3.8) is 0 Å². The molecule has 0 heterocycles. The van der Waals surface area contributed by atoms with Crippen LogP contribution in [0.25, 0.3) is 0 Å². The van der Waals surface area contributed by atoms with Crippen LogP contribution >= 0.6 is 0 Å². The van der Waals surface area contributed by atoms with Crippen LogP contribution in [0.1, 0.15) is 37.0 Å². The zero-order valence-electron chi connectivity index (χ0n) is 9.26. The Bertz CT molecular complexity index is 358. The van der Waals surface area contributed by atoms with Gasteiger partial charge in [-0.3, -0.25) is 0 Å². The second-order valence-electron chi connectivity index (χ2n) is 3.85. The number of aliphatic hydroxyl groups excluding tert-OH is 1. The summed E-state index contributed by atoms with van der Waals surface area (Å²) in [6.07, 6.45) is 0.457. The average molecular weight is 208 g/mol. The van der Waals surface area contributed by atoms with Gasteiger partial charge in [0, 0.05) is 5.56 Å². The van der Waals surface area contributed by atoms with E-state index in [0.717, 1.165) is 17.6 Å². The molecule has 1 atom stereocenters. The lowest BCUT2D eigenvalue weighted by molar-refractivity contribution is 0.172. The summed E-state index contributed by atoms with van der Waals surface area (Å²) in [4.78, 5) is 0. The molecule has 1 nitrogen and oxygen atoms in total. The van der Waals surface area contributed by atoms with E-state index in [1.807, 2.05) is 13.8 Å². The molecular formula is C13H17FO. The lowest BCUT2D eigenvalue weighted by atomic mass is 9.99. The SMILES string of the molecule is C=C(CC)CC(O)c1cc(C)ccc1F. The Kier molecular flexibility index (Phi) is 4.04. The number of rotatable bonds is 4.